The van der Waals surface area contributed by atoms with E-state index in [-0.39, 0.29) is 16.3 Å². The lowest BCUT2D eigenvalue weighted by Crippen LogP contribution is -1.97. The van der Waals surface area contributed by atoms with Crippen LogP contribution < -0.4 is 0 Å². The lowest BCUT2D eigenvalue weighted by atomic mass is 10.2. The fourth-order valence-corrected chi connectivity index (χ4v) is 1.90. The van der Waals surface area contributed by atoms with Gasteiger partial charge in [-0.25, -0.2) is 0 Å². The molecule has 6 nitrogen and oxygen atoms in total. The summed E-state index contributed by atoms with van der Waals surface area (Å²) in [4.78, 5) is 20.2. The number of hydrogen-bond donors (Lipinski definition) is 0. The molecular weight excluding hydrogens is 220 g/mol. The van der Waals surface area contributed by atoms with Gasteiger partial charge in [0.05, 0.1) is 9.85 Å². The predicted molar refractivity (Wildman–Crippen MR) is 56.3 cm³/mol. The molecule has 0 aliphatic rings. The normalized spacial score (nSPS) is 10.0. The van der Waals surface area contributed by atoms with Crippen LogP contribution in [0.1, 0.15) is 5.56 Å². The van der Waals surface area contributed by atoms with Crippen LogP contribution in [-0.4, -0.2) is 16.1 Å². The Balaban J connectivity index is 3.52. The molecule has 0 atom stereocenters. The number of aryl methyl sites for hydroxylation is 1. The molecule has 1 aromatic rings. The second-order valence-electron chi connectivity index (χ2n) is 2.85. The molecule has 0 amide bonds. The van der Waals surface area contributed by atoms with E-state index >= 15 is 0 Å². The quantitative estimate of drug-likeness (QED) is 0.450. The zero-order chi connectivity index (χ0) is 11.6. The molecule has 80 valence electrons. The van der Waals surface area contributed by atoms with Crippen molar-refractivity contribution in [3.63, 3.8) is 0 Å². The topological polar surface area (TPSA) is 86.3 Å². The number of thioether (sulfide) groups is 1. The SMILES string of the molecule is CSc1c([N+](=O)[O-])cc(C)cc1[N+](=O)[O-]. The summed E-state index contributed by atoms with van der Waals surface area (Å²) in [7, 11) is 0. The summed E-state index contributed by atoms with van der Waals surface area (Å²) in [5, 5.41) is 21.4. The zero-order valence-electron chi connectivity index (χ0n) is 8.09. The maximum absolute atomic E-state index is 10.7. The van der Waals surface area contributed by atoms with Crippen LogP contribution in [0.4, 0.5) is 11.4 Å². The smallest absolute Gasteiger partial charge is 0.258 e. The molecule has 0 saturated carbocycles. The van der Waals surface area contributed by atoms with Crippen molar-refractivity contribution < 1.29 is 9.85 Å². The molecule has 1 rings (SSSR count). The fourth-order valence-electron chi connectivity index (χ4n) is 1.22. The van der Waals surface area contributed by atoms with Crippen LogP contribution in [0.25, 0.3) is 0 Å². The molecule has 0 bridgehead atoms. The van der Waals surface area contributed by atoms with Crippen molar-refractivity contribution in [2.75, 3.05) is 6.26 Å². The van der Waals surface area contributed by atoms with Crippen LogP contribution in [0.5, 0.6) is 0 Å². The molecule has 0 aromatic heterocycles. The van der Waals surface area contributed by atoms with E-state index in [0.717, 1.165) is 11.8 Å². The molecular formula is C8H8N2O4S. The van der Waals surface area contributed by atoms with Crippen molar-refractivity contribution in [3.8, 4) is 0 Å². The summed E-state index contributed by atoms with van der Waals surface area (Å²) in [5.74, 6) is 0. The summed E-state index contributed by atoms with van der Waals surface area (Å²) < 4.78 is 0. The summed E-state index contributed by atoms with van der Waals surface area (Å²) >= 11 is 1.00. The Morgan fingerprint density at radius 2 is 1.53 bits per heavy atom. The summed E-state index contributed by atoms with van der Waals surface area (Å²) in [6, 6.07) is 2.66. The van der Waals surface area contributed by atoms with E-state index in [1.807, 2.05) is 0 Å². The van der Waals surface area contributed by atoms with Crippen molar-refractivity contribution in [1.82, 2.24) is 0 Å². The first kappa shape index (κ1) is 11.4. The van der Waals surface area contributed by atoms with Gasteiger partial charge in [0.2, 0.25) is 0 Å². The summed E-state index contributed by atoms with van der Waals surface area (Å²) in [6.45, 7) is 1.59. The first-order valence-corrected chi connectivity index (χ1v) is 5.17. The Morgan fingerprint density at radius 1 is 1.13 bits per heavy atom. The Kier molecular flexibility index (Phi) is 3.25. The highest BCUT2D eigenvalue weighted by Crippen LogP contribution is 2.36. The number of nitro benzene ring substituents is 2. The average Bonchev–Trinajstić information content (AvgIpc) is 2.16. The van der Waals surface area contributed by atoms with Crippen LogP contribution in [0, 0.1) is 27.2 Å². The fraction of sp³-hybridized carbons (Fsp3) is 0.250. The Bertz CT molecular complexity index is 398. The minimum Gasteiger partial charge on any atom is -0.258 e. The zero-order valence-corrected chi connectivity index (χ0v) is 8.91. The molecule has 0 aliphatic carbocycles. The minimum absolute atomic E-state index is 0.0931. The van der Waals surface area contributed by atoms with Crippen molar-refractivity contribution >= 4 is 23.1 Å². The Morgan fingerprint density at radius 3 is 1.80 bits per heavy atom. The van der Waals surface area contributed by atoms with Gasteiger partial charge >= 0.3 is 0 Å². The van der Waals surface area contributed by atoms with E-state index in [4.69, 9.17) is 0 Å². The molecule has 0 fully saturated rings. The molecule has 7 heteroatoms. The standard InChI is InChI=1S/C8H8N2O4S/c1-5-3-6(9(11)12)8(15-2)7(4-5)10(13)14/h3-4H,1-2H3. The largest absolute Gasteiger partial charge is 0.290 e. The summed E-state index contributed by atoms with van der Waals surface area (Å²) in [5.41, 5.74) is 0.0783. The van der Waals surface area contributed by atoms with Gasteiger partial charge in [-0.05, 0) is 18.7 Å². The van der Waals surface area contributed by atoms with Gasteiger partial charge in [-0.1, -0.05) is 0 Å². The van der Waals surface area contributed by atoms with E-state index in [1.165, 1.54) is 12.1 Å². The number of hydrogen-bond acceptors (Lipinski definition) is 5. The van der Waals surface area contributed by atoms with Gasteiger partial charge < -0.3 is 0 Å². The molecule has 1 aromatic carbocycles. The highest BCUT2D eigenvalue weighted by molar-refractivity contribution is 7.98. The van der Waals surface area contributed by atoms with E-state index < -0.39 is 9.85 Å². The predicted octanol–water partition coefficient (Wildman–Crippen LogP) is 2.53. The van der Waals surface area contributed by atoms with Gasteiger partial charge in [0.25, 0.3) is 11.4 Å². The van der Waals surface area contributed by atoms with E-state index in [9.17, 15) is 20.2 Å². The molecule has 0 unspecified atom stereocenters. The monoisotopic (exact) mass is 228 g/mol. The Hall–Kier alpha value is -1.63. The van der Waals surface area contributed by atoms with Crippen molar-refractivity contribution in [1.29, 1.82) is 0 Å². The van der Waals surface area contributed by atoms with Gasteiger partial charge in [0, 0.05) is 12.1 Å². The lowest BCUT2D eigenvalue weighted by molar-refractivity contribution is -0.399. The maximum atomic E-state index is 10.7. The van der Waals surface area contributed by atoms with E-state index in [1.54, 1.807) is 13.2 Å². The van der Waals surface area contributed by atoms with Crippen molar-refractivity contribution in [3.05, 3.63) is 37.9 Å². The molecule has 15 heavy (non-hydrogen) atoms. The number of rotatable bonds is 3. The van der Waals surface area contributed by atoms with Gasteiger partial charge in [0.1, 0.15) is 0 Å². The lowest BCUT2D eigenvalue weighted by Gasteiger charge is -2.02. The van der Waals surface area contributed by atoms with Gasteiger partial charge in [-0.15, -0.1) is 11.8 Å². The van der Waals surface area contributed by atoms with Crippen LogP contribution in [0.15, 0.2) is 17.0 Å². The molecule has 0 N–H and O–H groups in total. The first-order chi connectivity index (χ1) is 6.97. The molecule has 0 saturated heterocycles. The summed E-state index contributed by atoms with van der Waals surface area (Å²) in [6.07, 6.45) is 1.57. The van der Waals surface area contributed by atoms with Crippen LogP contribution in [0.2, 0.25) is 0 Å². The highest BCUT2D eigenvalue weighted by Gasteiger charge is 2.24. The second kappa shape index (κ2) is 4.26. The van der Waals surface area contributed by atoms with Crippen LogP contribution >= 0.6 is 11.8 Å². The van der Waals surface area contributed by atoms with E-state index in [0.29, 0.717) is 5.56 Å². The molecule has 0 radical (unpaired) electrons. The number of nitro groups is 2. The molecule has 0 heterocycles. The number of nitrogens with zero attached hydrogens (tertiary/aromatic N) is 2. The van der Waals surface area contributed by atoms with Crippen molar-refractivity contribution in [2.24, 2.45) is 0 Å². The number of benzene rings is 1. The Labute approximate surface area is 89.6 Å². The van der Waals surface area contributed by atoms with Crippen LogP contribution in [0.3, 0.4) is 0 Å². The third kappa shape index (κ3) is 2.24. The van der Waals surface area contributed by atoms with Crippen molar-refractivity contribution in [2.45, 2.75) is 11.8 Å². The second-order valence-corrected chi connectivity index (χ2v) is 3.67. The minimum atomic E-state index is -0.605. The third-order valence-corrected chi connectivity index (χ3v) is 2.62. The van der Waals surface area contributed by atoms with Gasteiger partial charge in [0.15, 0.2) is 4.90 Å². The first-order valence-electron chi connectivity index (χ1n) is 3.94. The molecule has 0 aliphatic heterocycles. The van der Waals surface area contributed by atoms with Crippen LogP contribution in [-0.2, 0) is 0 Å². The molecule has 0 spiro atoms. The maximum Gasteiger partial charge on any atom is 0.290 e. The highest BCUT2D eigenvalue weighted by atomic mass is 32.2. The van der Waals surface area contributed by atoms with Gasteiger partial charge in [-0.3, -0.25) is 20.2 Å². The average molecular weight is 228 g/mol. The van der Waals surface area contributed by atoms with E-state index in [2.05, 4.69) is 0 Å². The third-order valence-electron chi connectivity index (χ3n) is 1.79. The van der Waals surface area contributed by atoms with Gasteiger partial charge in [-0.2, -0.15) is 0 Å².